The van der Waals surface area contributed by atoms with Crippen LogP contribution in [0, 0.1) is 0 Å². The molecule has 1 aliphatic rings. The molecule has 1 aromatic carbocycles. The molecule has 0 spiro atoms. The zero-order valence-corrected chi connectivity index (χ0v) is 11.9. The number of benzene rings is 1. The van der Waals surface area contributed by atoms with Crippen LogP contribution in [0.25, 0.3) is 0 Å². The number of amides is 1. The molecule has 1 heterocycles. The fourth-order valence-electron chi connectivity index (χ4n) is 2.20. The van der Waals surface area contributed by atoms with Crippen molar-refractivity contribution in [2.75, 3.05) is 11.4 Å². The molecule has 1 aliphatic heterocycles. The van der Waals surface area contributed by atoms with E-state index in [0.29, 0.717) is 0 Å². The highest BCUT2D eigenvalue weighted by Gasteiger charge is 2.38. The summed E-state index contributed by atoms with van der Waals surface area (Å²) >= 11 is 0. The van der Waals surface area contributed by atoms with Crippen molar-refractivity contribution in [3.63, 3.8) is 0 Å². The van der Waals surface area contributed by atoms with E-state index in [2.05, 4.69) is 0 Å². The molecule has 0 saturated carbocycles. The molecule has 1 amide bonds. The molecule has 1 unspecified atom stereocenters. The molecule has 9 nitrogen and oxygen atoms in total. The molecule has 0 aliphatic carbocycles. The largest absolute Gasteiger partial charge is 0.478 e. The summed E-state index contributed by atoms with van der Waals surface area (Å²) in [6, 6.07) is 3.22. The van der Waals surface area contributed by atoms with Crippen LogP contribution < -0.4 is 10.0 Å². The number of carbonyl (C=O) groups is 3. The molecule has 1 fully saturated rings. The number of aromatic carboxylic acids is 2. The van der Waals surface area contributed by atoms with Crippen molar-refractivity contribution in [1.82, 2.24) is 0 Å². The predicted molar refractivity (Wildman–Crippen MR) is 74.2 cm³/mol. The number of carboxylic acids is 2. The van der Waals surface area contributed by atoms with Gasteiger partial charge in [0.1, 0.15) is 5.25 Å². The molecule has 0 aromatic heterocycles. The summed E-state index contributed by atoms with van der Waals surface area (Å²) in [4.78, 5) is 35.1. The van der Waals surface area contributed by atoms with Crippen molar-refractivity contribution in [3.05, 3.63) is 29.3 Å². The minimum atomic E-state index is -3.94. The van der Waals surface area contributed by atoms with Gasteiger partial charge >= 0.3 is 11.9 Å². The van der Waals surface area contributed by atoms with Gasteiger partial charge in [-0.1, -0.05) is 0 Å². The van der Waals surface area contributed by atoms with Gasteiger partial charge < -0.3 is 15.1 Å². The maximum absolute atomic E-state index is 11.9. The lowest BCUT2D eigenvalue weighted by Gasteiger charge is -2.19. The third kappa shape index (κ3) is 2.92. The molecule has 4 N–H and O–H groups in total. The zero-order chi connectivity index (χ0) is 16.7. The van der Waals surface area contributed by atoms with Gasteiger partial charge in [0.2, 0.25) is 15.9 Å². The smallest absolute Gasteiger partial charge is 0.337 e. The molecular formula is C12H12N2O7S. The van der Waals surface area contributed by atoms with E-state index in [1.807, 2.05) is 0 Å². The van der Waals surface area contributed by atoms with Crippen LogP contribution >= 0.6 is 0 Å². The molecule has 1 aromatic rings. The van der Waals surface area contributed by atoms with Crippen LogP contribution in [0.1, 0.15) is 27.1 Å². The second kappa shape index (κ2) is 5.39. The quantitative estimate of drug-likeness (QED) is 0.671. The SMILES string of the molecule is NS(=O)(=O)C1CC(=O)N(c2ccc(C(=O)O)cc2C(=O)O)C1. The standard InChI is InChI=1S/C12H12N2O7S/c13-22(20,21)7-4-10(15)14(5-7)9-2-1-6(11(16)17)3-8(9)12(18)19/h1-3,7H,4-5H2,(H,16,17)(H,18,19)(H2,13,20,21). The van der Waals surface area contributed by atoms with E-state index in [0.717, 1.165) is 23.1 Å². The topological polar surface area (TPSA) is 155 Å². The predicted octanol–water partition coefficient (Wildman–Crippen LogP) is -0.523. The first kappa shape index (κ1) is 15.9. The Morgan fingerprint density at radius 3 is 2.32 bits per heavy atom. The van der Waals surface area contributed by atoms with Gasteiger partial charge in [-0.15, -0.1) is 0 Å². The summed E-state index contributed by atoms with van der Waals surface area (Å²) in [5.41, 5.74) is -0.715. The van der Waals surface area contributed by atoms with Crippen LogP contribution in [-0.4, -0.2) is 48.3 Å². The van der Waals surface area contributed by atoms with Gasteiger partial charge in [-0.3, -0.25) is 4.79 Å². The number of sulfonamides is 1. The average molecular weight is 328 g/mol. The molecule has 0 bridgehead atoms. The Balaban J connectivity index is 2.47. The first-order chi connectivity index (χ1) is 10.1. The van der Waals surface area contributed by atoms with Gasteiger partial charge in [0.25, 0.3) is 0 Å². The number of nitrogens with two attached hydrogens (primary N) is 1. The summed E-state index contributed by atoms with van der Waals surface area (Å²) < 4.78 is 22.6. The summed E-state index contributed by atoms with van der Waals surface area (Å²) in [5.74, 6) is -3.33. The minimum absolute atomic E-state index is 0.0614. The van der Waals surface area contributed by atoms with Gasteiger partial charge in [-0.2, -0.15) is 0 Å². The number of carbonyl (C=O) groups excluding carboxylic acids is 1. The monoisotopic (exact) mass is 328 g/mol. The molecule has 1 atom stereocenters. The van der Waals surface area contributed by atoms with Gasteiger partial charge in [0.05, 0.1) is 16.8 Å². The summed E-state index contributed by atoms with van der Waals surface area (Å²) in [5, 5.41) is 21.9. The number of carboxylic acid groups (broad SMARTS) is 2. The van der Waals surface area contributed by atoms with Crippen molar-refractivity contribution in [3.8, 4) is 0 Å². The Kier molecular flexibility index (Phi) is 3.90. The van der Waals surface area contributed by atoms with Crippen LogP contribution in [0.3, 0.4) is 0 Å². The van der Waals surface area contributed by atoms with Crippen LogP contribution in [-0.2, 0) is 14.8 Å². The lowest BCUT2D eigenvalue weighted by Crippen LogP contribution is -2.32. The summed E-state index contributed by atoms with van der Waals surface area (Å²) in [7, 11) is -3.94. The van der Waals surface area contributed by atoms with Crippen molar-refractivity contribution >= 4 is 33.6 Å². The van der Waals surface area contributed by atoms with E-state index >= 15 is 0 Å². The number of nitrogens with zero attached hydrogens (tertiary/aromatic N) is 1. The number of hydrogen-bond donors (Lipinski definition) is 3. The van der Waals surface area contributed by atoms with E-state index in [1.165, 1.54) is 0 Å². The fourth-order valence-corrected chi connectivity index (χ4v) is 2.94. The third-order valence-corrected chi connectivity index (χ3v) is 4.56. The Morgan fingerprint density at radius 1 is 1.23 bits per heavy atom. The Labute approximate surface area is 125 Å². The number of primary sulfonamides is 1. The number of hydrogen-bond acceptors (Lipinski definition) is 5. The van der Waals surface area contributed by atoms with Crippen molar-refractivity contribution in [2.24, 2.45) is 5.14 Å². The Bertz CT molecular complexity index is 772. The Morgan fingerprint density at radius 2 is 1.86 bits per heavy atom. The molecule has 10 heteroatoms. The summed E-state index contributed by atoms with van der Waals surface area (Å²) in [6.45, 7) is -0.273. The highest BCUT2D eigenvalue weighted by molar-refractivity contribution is 7.89. The molecule has 118 valence electrons. The highest BCUT2D eigenvalue weighted by atomic mass is 32.2. The minimum Gasteiger partial charge on any atom is -0.478 e. The highest BCUT2D eigenvalue weighted by Crippen LogP contribution is 2.28. The maximum atomic E-state index is 11.9. The summed E-state index contributed by atoms with van der Waals surface area (Å²) in [6.07, 6.45) is -0.349. The van der Waals surface area contributed by atoms with Crippen molar-refractivity contribution in [1.29, 1.82) is 0 Å². The van der Waals surface area contributed by atoms with Gasteiger partial charge in [-0.25, -0.2) is 23.1 Å². The van der Waals surface area contributed by atoms with Gasteiger partial charge in [0.15, 0.2) is 0 Å². The average Bonchev–Trinajstić information content (AvgIpc) is 2.79. The molecule has 2 rings (SSSR count). The Hall–Kier alpha value is -2.46. The van der Waals surface area contributed by atoms with E-state index in [4.69, 9.17) is 10.2 Å². The molecule has 22 heavy (non-hydrogen) atoms. The zero-order valence-electron chi connectivity index (χ0n) is 11.1. The molecule has 1 saturated heterocycles. The van der Waals surface area contributed by atoms with E-state index in [9.17, 15) is 27.9 Å². The maximum Gasteiger partial charge on any atom is 0.337 e. The van der Waals surface area contributed by atoms with Crippen LogP contribution in [0.15, 0.2) is 18.2 Å². The number of anilines is 1. The van der Waals surface area contributed by atoms with E-state index in [1.54, 1.807) is 0 Å². The second-order valence-electron chi connectivity index (χ2n) is 4.76. The molecule has 0 radical (unpaired) electrons. The van der Waals surface area contributed by atoms with Crippen molar-refractivity contribution in [2.45, 2.75) is 11.7 Å². The third-order valence-electron chi connectivity index (χ3n) is 3.32. The first-order valence-corrected chi connectivity index (χ1v) is 7.65. The number of rotatable bonds is 4. The normalized spacial score (nSPS) is 18.5. The van der Waals surface area contributed by atoms with Gasteiger partial charge in [0, 0.05) is 13.0 Å². The first-order valence-electron chi connectivity index (χ1n) is 6.04. The second-order valence-corrected chi connectivity index (χ2v) is 6.61. The van der Waals surface area contributed by atoms with E-state index < -0.39 is 38.7 Å². The van der Waals surface area contributed by atoms with E-state index in [-0.39, 0.29) is 24.2 Å². The fraction of sp³-hybridized carbons (Fsp3) is 0.250. The lowest BCUT2D eigenvalue weighted by molar-refractivity contribution is -0.117. The van der Waals surface area contributed by atoms with Gasteiger partial charge in [-0.05, 0) is 18.2 Å². The van der Waals surface area contributed by atoms with Crippen molar-refractivity contribution < 1.29 is 33.0 Å². The van der Waals surface area contributed by atoms with Crippen LogP contribution in [0.4, 0.5) is 5.69 Å². The molecular weight excluding hydrogens is 316 g/mol. The van der Waals surface area contributed by atoms with Crippen LogP contribution in [0.2, 0.25) is 0 Å². The van der Waals surface area contributed by atoms with Crippen LogP contribution in [0.5, 0.6) is 0 Å². The lowest BCUT2D eigenvalue weighted by atomic mass is 10.1.